The molecule has 4 rings (SSSR count). The summed E-state index contributed by atoms with van der Waals surface area (Å²) < 4.78 is 34.9. The first-order chi connectivity index (χ1) is 21.8. The van der Waals surface area contributed by atoms with E-state index in [9.17, 15) is 14.4 Å². The minimum absolute atomic E-state index is 0.162. The number of methoxy groups -OCH3 is 2. The molecule has 1 aromatic heterocycles. The molecule has 0 spiro atoms. The van der Waals surface area contributed by atoms with Crippen LogP contribution in [0.2, 0.25) is 0 Å². The zero-order valence-electron chi connectivity index (χ0n) is 26.3. The average Bonchev–Trinajstić information content (AvgIpc) is 3.34. The molecular weight excluding hydrogens is 600 g/mol. The minimum Gasteiger partial charge on any atom is -0.497 e. The van der Waals surface area contributed by atoms with Gasteiger partial charge in [0.25, 0.3) is 5.56 Å². The second-order valence-corrected chi connectivity index (χ2v) is 10.8. The van der Waals surface area contributed by atoms with E-state index in [1.54, 1.807) is 63.4 Å². The van der Waals surface area contributed by atoms with Crippen molar-refractivity contribution >= 4 is 29.4 Å². The Morgan fingerprint density at radius 1 is 0.911 bits per heavy atom. The van der Waals surface area contributed by atoms with Crippen LogP contribution in [0.3, 0.4) is 0 Å². The number of esters is 2. The van der Waals surface area contributed by atoms with Crippen molar-refractivity contribution in [3.8, 4) is 23.0 Å². The number of benzene rings is 2. The molecule has 1 atom stereocenters. The maximum absolute atomic E-state index is 14.2. The molecule has 0 saturated heterocycles. The fourth-order valence-corrected chi connectivity index (χ4v) is 5.98. The summed E-state index contributed by atoms with van der Waals surface area (Å²) >= 11 is 1.22. The first-order valence-electron chi connectivity index (χ1n) is 14.8. The molecule has 0 saturated carbocycles. The summed E-state index contributed by atoms with van der Waals surface area (Å²) in [5, 5.41) is 0. The number of hydrogen-bond donors (Lipinski definition) is 0. The SMILES string of the molecule is CCCC1=C(C(=O)OCC)[C@H](c2cc(OC)ccc2OC)n2c(s/c(=C\c3ccc(OCC(=O)OCC)c(OCC)c3)c2=O)=N1. The molecule has 0 fully saturated rings. The number of aromatic nitrogens is 1. The van der Waals surface area contributed by atoms with Crippen molar-refractivity contribution in [2.45, 2.75) is 46.6 Å². The van der Waals surface area contributed by atoms with Crippen molar-refractivity contribution in [1.29, 1.82) is 0 Å². The monoisotopic (exact) mass is 638 g/mol. The van der Waals surface area contributed by atoms with E-state index in [2.05, 4.69) is 0 Å². The van der Waals surface area contributed by atoms with Crippen LogP contribution in [0, 0.1) is 0 Å². The Bertz CT molecular complexity index is 1760. The van der Waals surface area contributed by atoms with Crippen molar-refractivity contribution in [2.75, 3.05) is 40.6 Å². The molecule has 2 aromatic carbocycles. The number of ether oxygens (including phenoxy) is 6. The zero-order valence-corrected chi connectivity index (χ0v) is 27.2. The van der Waals surface area contributed by atoms with Gasteiger partial charge in [0, 0.05) is 5.56 Å². The highest BCUT2D eigenvalue weighted by molar-refractivity contribution is 7.07. The number of carbonyl (C=O) groups is 2. The van der Waals surface area contributed by atoms with Gasteiger partial charge in [-0.15, -0.1) is 0 Å². The third kappa shape index (κ3) is 7.39. The Balaban J connectivity index is 1.90. The van der Waals surface area contributed by atoms with Gasteiger partial charge in [-0.1, -0.05) is 30.7 Å². The standard InChI is InChI=1S/C33H38N2O9S/c1-7-11-23-29(32(38)43-10-4)30(22-18-21(39-5)13-15-24(22)40-6)35-31(37)27(45-33(35)34-23)17-20-12-14-25(26(16-20)41-8-2)44-19-28(36)42-9-3/h12-18,30H,7-11,19H2,1-6H3/b27-17-/t30-/m0/s1. The first-order valence-corrected chi connectivity index (χ1v) is 15.6. The third-order valence-electron chi connectivity index (χ3n) is 6.84. The summed E-state index contributed by atoms with van der Waals surface area (Å²) in [6.07, 6.45) is 2.96. The average molecular weight is 639 g/mol. The lowest BCUT2D eigenvalue weighted by molar-refractivity contribution is -0.145. The van der Waals surface area contributed by atoms with Crippen molar-refractivity contribution in [3.63, 3.8) is 0 Å². The van der Waals surface area contributed by atoms with Crippen LogP contribution in [0.4, 0.5) is 0 Å². The normalized spacial score (nSPS) is 14.4. The fraction of sp³-hybridized carbons (Fsp3) is 0.394. The van der Waals surface area contributed by atoms with E-state index < -0.39 is 18.0 Å². The second-order valence-electron chi connectivity index (χ2n) is 9.75. The molecule has 0 amide bonds. The lowest BCUT2D eigenvalue weighted by Gasteiger charge is -2.27. The summed E-state index contributed by atoms with van der Waals surface area (Å²) in [4.78, 5) is 44.8. The van der Waals surface area contributed by atoms with Gasteiger partial charge in [0.05, 0.1) is 49.8 Å². The quantitative estimate of drug-likeness (QED) is 0.242. The smallest absolute Gasteiger partial charge is 0.344 e. The predicted molar refractivity (Wildman–Crippen MR) is 169 cm³/mol. The van der Waals surface area contributed by atoms with Crippen LogP contribution in [-0.4, -0.2) is 57.2 Å². The lowest BCUT2D eigenvalue weighted by Crippen LogP contribution is -2.40. The Kier molecular flexibility index (Phi) is 11.4. The number of carbonyl (C=O) groups excluding carboxylic acids is 2. The van der Waals surface area contributed by atoms with E-state index in [1.165, 1.54) is 23.0 Å². The number of thiazole rings is 1. The molecule has 0 N–H and O–H groups in total. The zero-order chi connectivity index (χ0) is 32.5. The molecule has 0 bridgehead atoms. The highest BCUT2D eigenvalue weighted by Gasteiger charge is 2.36. The Labute approximate surface area is 265 Å². The molecule has 240 valence electrons. The Hall–Kier alpha value is -4.58. The van der Waals surface area contributed by atoms with Crippen LogP contribution < -0.4 is 33.8 Å². The second kappa shape index (κ2) is 15.4. The van der Waals surface area contributed by atoms with E-state index in [0.29, 0.717) is 62.2 Å². The summed E-state index contributed by atoms with van der Waals surface area (Å²) in [7, 11) is 3.08. The molecule has 0 unspecified atom stereocenters. The summed E-state index contributed by atoms with van der Waals surface area (Å²) in [5.74, 6) is 0.772. The van der Waals surface area contributed by atoms with Crippen LogP contribution in [-0.2, 0) is 19.1 Å². The van der Waals surface area contributed by atoms with Gasteiger partial charge in [0.1, 0.15) is 17.5 Å². The molecule has 11 nitrogen and oxygen atoms in total. The first kappa shape index (κ1) is 33.3. The number of nitrogens with zero attached hydrogens (tertiary/aromatic N) is 2. The van der Waals surface area contributed by atoms with E-state index in [1.807, 2.05) is 13.8 Å². The molecule has 45 heavy (non-hydrogen) atoms. The van der Waals surface area contributed by atoms with E-state index in [-0.39, 0.29) is 31.0 Å². The van der Waals surface area contributed by atoms with Crippen molar-refractivity contribution in [1.82, 2.24) is 4.57 Å². The molecule has 3 aromatic rings. The minimum atomic E-state index is -0.869. The third-order valence-corrected chi connectivity index (χ3v) is 7.82. The molecule has 0 radical (unpaired) electrons. The van der Waals surface area contributed by atoms with Gasteiger partial charge in [-0.05, 0) is 69.2 Å². The van der Waals surface area contributed by atoms with Crippen molar-refractivity contribution in [3.05, 3.63) is 78.5 Å². The largest absolute Gasteiger partial charge is 0.497 e. The van der Waals surface area contributed by atoms with Crippen LogP contribution in [0.5, 0.6) is 23.0 Å². The predicted octanol–water partition coefficient (Wildman–Crippen LogP) is 3.94. The summed E-state index contributed by atoms with van der Waals surface area (Å²) in [6, 6.07) is 9.56. The fourth-order valence-electron chi connectivity index (χ4n) is 4.96. The number of fused-ring (bicyclic) bond motifs is 1. The van der Waals surface area contributed by atoms with Crippen LogP contribution >= 0.6 is 11.3 Å². The van der Waals surface area contributed by atoms with Crippen molar-refractivity contribution < 1.29 is 38.0 Å². The highest BCUT2D eigenvalue weighted by Crippen LogP contribution is 2.39. The number of allylic oxidation sites excluding steroid dienone is 1. The number of rotatable bonds is 14. The maximum atomic E-state index is 14.2. The van der Waals surface area contributed by atoms with Gasteiger partial charge in [-0.2, -0.15) is 0 Å². The van der Waals surface area contributed by atoms with E-state index in [0.717, 1.165) is 6.42 Å². The van der Waals surface area contributed by atoms with E-state index in [4.69, 9.17) is 33.4 Å². The van der Waals surface area contributed by atoms with Crippen LogP contribution in [0.25, 0.3) is 6.08 Å². The van der Waals surface area contributed by atoms with Gasteiger partial charge >= 0.3 is 11.9 Å². The molecule has 2 heterocycles. The van der Waals surface area contributed by atoms with Crippen LogP contribution in [0.15, 0.2) is 57.5 Å². The molecule has 12 heteroatoms. The summed E-state index contributed by atoms with van der Waals surface area (Å²) in [5.41, 5.74) is 1.73. The Morgan fingerprint density at radius 2 is 1.67 bits per heavy atom. The Morgan fingerprint density at radius 3 is 2.33 bits per heavy atom. The van der Waals surface area contributed by atoms with E-state index >= 15 is 0 Å². The van der Waals surface area contributed by atoms with Gasteiger partial charge in [-0.3, -0.25) is 9.36 Å². The van der Waals surface area contributed by atoms with Crippen LogP contribution in [0.1, 0.15) is 57.7 Å². The van der Waals surface area contributed by atoms with Gasteiger partial charge < -0.3 is 28.4 Å². The number of hydrogen-bond acceptors (Lipinski definition) is 11. The van der Waals surface area contributed by atoms with Gasteiger partial charge in [-0.25, -0.2) is 14.6 Å². The highest BCUT2D eigenvalue weighted by atomic mass is 32.1. The molecule has 1 aliphatic heterocycles. The summed E-state index contributed by atoms with van der Waals surface area (Å²) in [6.45, 7) is 7.81. The molecule has 0 aliphatic carbocycles. The van der Waals surface area contributed by atoms with Gasteiger partial charge in [0.2, 0.25) is 0 Å². The maximum Gasteiger partial charge on any atom is 0.344 e. The topological polar surface area (TPSA) is 124 Å². The molecular formula is C33H38N2O9S. The lowest BCUT2D eigenvalue weighted by atomic mass is 9.93. The van der Waals surface area contributed by atoms with Gasteiger partial charge in [0.15, 0.2) is 22.9 Å². The molecule has 1 aliphatic rings. The van der Waals surface area contributed by atoms with Crippen molar-refractivity contribution in [2.24, 2.45) is 4.99 Å².